The van der Waals surface area contributed by atoms with Gasteiger partial charge in [-0.25, -0.2) is 4.79 Å². The summed E-state index contributed by atoms with van der Waals surface area (Å²) < 4.78 is 2.26. The van der Waals surface area contributed by atoms with Crippen LogP contribution in [0.25, 0.3) is 10.1 Å². The van der Waals surface area contributed by atoms with Crippen LogP contribution < -0.4 is 0 Å². The molecule has 0 fully saturated rings. The number of thiophene rings is 1. The van der Waals surface area contributed by atoms with E-state index in [0.29, 0.717) is 4.34 Å². The van der Waals surface area contributed by atoms with E-state index in [-0.39, 0.29) is 5.56 Å². The molecule has 0 unspecified atom stereocenters. The molecule has 0 aliphatic heterocycles. The molecule has 2 nitrogen and oxygen atoms in total. The molecule has 0 atom stereocenters. The van der Waals surface area contributed by atoms with E-state index in [9.17, 15) is 4.79 Å². The zero-order valence-electron chi connectivity index (χ0n) is 6.75. The van der Waals surface area contributed by atoms with Crippen LogP contribution in [0.4, 0.5) is 0 Å². The second-order valence-corrected chi connectivity index (χ2v) is 5.60. The van der Waals surface area contributed by atoms with Crippen molar-refractivity contribution in [2.24, 2.45) is 0 Å². The first-order valence-corrected chi connectivity index (χ1v) is 5.98. The number of rotatable bonds is 1. The lowest BCUT2D eigenvalue weighted by molar-refractivity contribution is 0.0699. The van der Waals surface area contributed by atoms with Crippen molar-refractivity contribution >= 4 is 61.6 Å². The van der Waals surface area contributed by atoms with Crippen LogP contribution in [0, 0.1) is 3.57 Å². The summed E-state index contributed by atoms with van der Waals surface area (Å²) in [5, 5.41) is 9.68. The van der Waals surface area contributed by atoms with Gasteiger partial charge in [0, 0.05) is 13.7 Å². The van der Waals surface area contributed by atoms with Crippen molar-refractivity contribution in [3.8, 4) is 0 Å². The third kappa shape index (κ3) is 1.62. The monoisotopic (exact) mass is 338 g/mol. The summed E-state index contributed by atoms with van der Waals surface area (Å²) in [5.74, 6) is -0.969. The minimum absolute atomic E-state index is 0.213. The summed E-state index contributed by atoms with van der Waals surface area (Å²) in [5.41, 5.74) is 0.213. The third-order valence-corrected chi connectivity index (χ3v) is 3.87. The summed E-state index contributed by atoms with van der Waals surface area (Å²) >= 11 is 9.29. The van der Waals surface area contributed by atoms with Gasteiger partial charge in [0.2, 0.25) is 0 Å². The molecule has 1 aromatic carbocycles. The van der Waals surface area contributed by atoms with Gasteiger partial charge < -0.3 is 5.11 Å². The Bertz CT molecular complexity index is 521. The molecule has 0 bridgehead atoms. The van der Waals surface area contributed by atoms with Gasteiger partial charge in [0.25, 0.3) is 0 Å². The third-order valence-electron chi connectivity index (χ3n) is 1.82. The molecule has 0 aliphatic carbocycles. The highest BCUT2D eigenvalue weighted by molar-refractivity contribution is 14.1. The number of fused-ring (bicyclic) bond motifs is 1. The Morgan fingerprint density at radius 2 is 2.21 bits per heavy atom. The van der Waals surface area contributed by atoms with E-state index in [1.165, 1.54) is 11.3 Å². The molecule has 0 saturated carbocycles. The van der Waals surface area contributed by atoms with Gasteiger partial charge in [0.15, 0.2) is 0 Å². The maximum atomic E-state index is 10.9. The quantitative estimate of drug-likeness (QED) is 0.802. The van der Waals surface area contributed by atoms with Crippen molar-refractivity contribution in [3.05, 3.63) is 31.7 Å². The lowest BCUT2D eigenvalue weighted by atomic mass is 10.2. The molecule has 1 aromatic heterocycles. The van der Waals surface area contributed by atoms with Crippen molar-refractivity contribution in [3.63, 3.8) is 0 Å². The lowest BCUT2D eigenvalue weighted by Crippen LogP contribution is -1.94. The summed E-state index contributed by atoms with van der Waals surface area (Å²) in [6.45, 7) is 0. The Balaban J connectivity index is 2.86. The van der Waals surface area contributed by atoms with E-state index in [1.54, 1.807) is 0 Å². The fourth-order valence-electron chi connectivity index (χ4n) is 1.24. The number of halogens is 2. The second-order valence-electron chi connectivity index (χ2n) is 2.70. The van der Waals surface area contributed by atoms with E-state index >= 15 is 0 Å². The fraction of sp³-hybridized carbons (Fsp3) is 0. The summed E-state index contributed by atoms with van der Waals surface area (Å²) in [6, 6.07) is 5.66. The molecule has 2 rings (SSSR count). The van der Waals surface area contributed by atoms with Crippen LogP contribution in [0.2, 0.25) is 4.34 Å². The van der Waals surface area contributed by atoms with Crippen molar-refractivity contribution in [2.45, 2.75) is 0 Å². The Kier molecular flexibility index (Phi) is 2.68. The first kappa shape index (κ1) is 10.2. The molecule has 0 saturated heterocycles. The molecule has 0 radical (unpaired) electrons. The Hall–Kier alpha value is -0.330. The molecule has 0 amide bonds. The molecule has 0 spiro atoms. The Morgan fingerprint density at radius 3 is 2.86 bits per heavy atom. The van der Waals surface area contributed by atoms with Crippen molar-refractivity contribution < 1.29 is 9.90 Å². The van der Waals surface area contributed by atoms with Crippen LogP contribution in [0.1, 0.15) is 10.4 Å². The normalized spacial score (nSPS) is 10.7. The van der Waals surface area contributed by atoms with Crippen LogP contribution in [0.3, 0.4) is 0 Å². The van der Waals surface area contributed by atoms with Crippen molar-refractivity contribution in [1.82, 2.24) is 0 Å². The lowest BCUT2D eigenvalue weighted by Gasteiger charge is -1.93. The average Bonchev–Trinajstić information content (AvgIpc) is 2.40. The molecule has 72 valence electrons. The number of benzene rings is 1. The summed E-state index contributed by atoms with van der Waals surface area (Å²) in [7, 11) is 0. The first-order valence-electron chi connectivity index (χ1n) is 3.70. The highest BCUT2D eigenvalue weighted by Gasteiger charge is 2.16. The Labute approximate surface area is 103 Å². The fourth-order valence-corrected chi connectivity index (χ4v) is 3.06. The molecular weight excluding hydrogens is 335 g/mol. The van der Waals surface area contributed by atoms with Crippen LogP contribution in [-0.2, 0) is 0 Å². The number of hydrogen-bond donors (Lipinski definition) is 1. The largest absolute Gasteiger partial charge is 0.478 e. The highest BCUT2D eigenvalue weighted by Crippen LogP contribution is 2.35. The van der Waals surface area contributed by atoms with Crippen LogP contribution in [0.5, 0.6) is 0 Å². The van der Waals surface area contributed by atoms with E-state index < -0.39 is 5.97 Å². The van der Waals surface area contributed by atoms with Gasteiger partial charge in [-0.2, -0.15) is 0 Å². The second kappa shape index (κ2) is 3.67. The van der Waals surface area contributed by atoms with Gasteiger partial charge in [0.1, 0.15) is 4.34 Å². The topological polar surface area (TPSA) is 37.3 Å². The van der Waals surface area contributed by atoms with E-state index in [1.807, 2.05) is 18.2 Å². The van der Waals surface area contributed by atoms with E-state index in [2.05, 4.69) is 22.6 Å². The highest BCUT2D eigenvalue weighted by atomic mass is 127. The molecule has 1 heterocycles. The number of carboxylic acids is 1. The zero-order chi connectivity index (χ0) is 10.3. The van der Waals surface area contributed by atoms with Gasteiger partial charge in [-0.3, -0.25) is 0 Å². The number of carboxylic acid groups (broad SMARTS) is 1. The minimum atomic E-state index is -0.969. The Morgan fingerprint density at radius 1 is 1.50 bits per heavy atom. The average molecular weight is 339 g/mol. The molecule has 0 aliphatic rings. The van der Waals surface area contributed by atoms with Crippen LogP contribution >= 0.6 is 45.5 Å². The molecular formula is C9H4ClIO2S. The van der Waals surface area contributed by atoms with Crippen molar-refractivity contribution in [1.29, 1.82) is 0 Å². The van der Waals surface area contributed by atoms with Gasteiger partial charge in [0.05, 0.1) is 5.56 Å². The zero-order valence-corrected chi connectivity index (χ0v) is 10.5. The molecule has 5 heteroatoms. The summed E-state index contributed by atoms with van der Waals surface area (Å²) in [6.07, 6.45) is 0. The predicted molar refractivity (Wildman–Crippen MR) is 66.5 cm³/mol. The molecule has 14 heavy (non-hydrogen) atoms. The molecule has 2 aromatic rings. The first-order chi connectivity index (χ1) is 6.59. The number of aromatic carboxylic acids is 1. The maximum absolute atomic E-state index is 10.9. The number of hydrogen-bond acceptors (Lipinski definition) is 2. The van der Waals surface area contributed by atoms with Crippen LogP contribution in [0.15, 0.2) is 18.2 Å². The number of carbonyl (C=O) groups is 1. The standard InChI is InChI=1S/C9H4ClIO2S/c10-8-7(9(12)13)5-3-4(11)1-2-6(5)14-8/h1-3H,(H,12,13). The predicted octanol–water partition coefficient (Wildman–Crippen LogP) is 3.86. The van der Waals surface area contributed by atoms with Gasteiger partial charge in [-0.1, -0.05) is 11.6 Å². The van der Waals surface area contributed by atoms with Crippen molar-refractivity contribution in [2.75, 3.05) is 0 Å². The van der Waals surface area contributed by atoms with Gasteiger partial charge in [-0.15, -0.1) is 11.3 Å². The minimum Gasteiger partial charge on any atom is -0.478 e. The van der Waals surface area contributed by atoms with E-state index in [0.717, 1.165) is 13.7 Å². The van der Waals surface area contributed by atoms with E-state index in [4.69, 9.17) is 16.7 Å². The smallest absolute Gasteiger partial charge is 0.338 e. The van der Waals surface area contributed by atoms with Gasteiger partial charge >= 0.3 is 5.97 Å². The van der Waals surface area contributed by atoms with Gasteiger partial charge in [-0.05, 0) is 40.8 Å². The molecule has 1 N–H and O–H groups in total. The maximum Gasteiger partial charge on any atom is 0.338 e. The summed E-state index contributed by atoms with van der Waals surface area (Å²) in [4.78, 5) is 10.9. The SMILES string of the molecule is O=C(O)c1c(Cl)sc2ccc(I)cc12. The van der Waals surface area contributed by atoms with Crippen LogP contribution in [-0.4, -0.2) is 11.1 Å².